The number of carbonyl (C=O) groups excluding carboxylic acids is 2. The van der Waals surface area contributed by atoms with Gasteiger partial charge in [0.1, 0.15) is 6.61 Å². The van der Waals surface area contributed by atoms with Crippen LogP contribution in [0.15, 0.2) is 87.9 Å². The first-order valence-corrected chi connectivity index (χ1v) is 14.4. The van der Waals surface area contributed by atoms with Crippen molar-refractivity contribution in [3.8, 4) is 0 Å². The van der Waals surface area contributed by atoms with Gasteiger partial charge in [-0.2, -0.15) is 0 Å². The van der Waals surface area contributed by atoms with E-state index in [1.807, 2.05) is 54.6 Å². The summed E-state index contributed by atoms with van der Waals surface area (Å²) >= 11 is 1.26. The molecule has 0 aliphatic rings. The highest BCUT2D eigenvalue weighted by molar-refractivity contribution is 7.90. The van der Waals surface area contributed by atoms with Crippen molar-refractivity contribution >= 4 is 59.6 Å². The minimum Gasteiger partial charge on any atom is -0.458 e. The lowest BCUT2D eigenvalue weighted by molar-refractivity contribution is -0.147. The number of ether oxygens (including phenoxy) is 1. The maximum atomic E-state index is 12.1. The molecule has 0 aliphatic heterocycles. The lowest BCUT2D eigenvalue weighted by Crippen LogP contribution is -2.26. The molecule has 11 heteroatoms. The van der Waals surface area contributed by atoms with Crippen LogP contribution in [-0.4, -0.2) is 44.6 Å². The zero-order valence-corrected chi connectivity index (χ0v) is 22.5. The number of nitrogens with zero attached hydrogens (tertiary/aromatic N) is 4. The first kappa shape index (κ1) is 27.1. The number of hydrogen-bond donors (Lipinski definition) is 0. The molecule has 1 aromatic heterocycles. The van der Waals surface area contributed by atoms with Gasteiger partial charge in [-0.1, -0.05) is 41.7 Å². The Morgan fingerprint density at radius 2 is 1.74 bits per heavy atom. The number of azo groups is 1. The van der Waals surface area contributed by atoms with Gasteiger partial charge in [0.2, 0.25) is 5.13 Å². The molecule has 0 amide bonds. The number of esters is 1. The van der Waals surface area contributed by atoms with Crippen LogP contribution in [0.25, 0.3) is 10.2 Å². The van der Waals surface area contributed by atoms with Crippen LogP contribution in [0, 0.1) is 0 Å². The van der Waals surface area contributed by atoms with Gasteiger partial charge in [-0.05, 0) is 55.0 Å². The summed E-state index contributed by atoms with van der Waals surface area (Å²) in [5, 5.41) is 8.92. The SMILES string of the molecule is CC(=O)COC(=O)CCN(Cc1ccccc1)c1ccc(N=Nc2nc3ccc(S(C)(=O)=O)cc3s2)cc1. The van der Waals surface area contributed by atoms with Gasteiger partial charge in [-0.3, -0.25) is 9.59 Å². The van der Waals surface area contributed by atoms with Gasteiger partial charge in [0.25, 0.3) is 0 Å². The molecule has 9 nitrogen and oxygen atoms in total. The second kappa shape index (κ2) is 12.1. The molecule has 4 aromatic rings. The standard InChI is InChI=1S/C27H26N4O5S2/c1-19(32)18-36-26(33)14-15-31(17-20-6-4-3-5-7-20)22-10-8-21(9-11-22)29-30-27-28-24-13-12-23(38(2,34)35)16-25(24)37-27/h3-13,16H,14-15,17-18H2,1-2H3. The molecule has 0 spiro atoms. The third kappa shape index (κ3) is 7.53. The van der Waals surface area contributed by atoms with Crippen LogP contribution >= 0.6 is 11.3 Å². The zero-order valence-electron chi connectivity index (χ0n) is 20.9. The summed E-state index contributed by atoms with van der Waals surface area (Å²) in [7, 11) is -3.31. The maximum absolute atomic E-state index is 12.1. The van der Waals surface area contributed by atoms with E-state index in [0.717, 1.165) is 16.0 Å². The summed E-state index contributed by atoms with van der Waals surface area (Å²) in [4.78, 5) is 29.9. The number of anilines is 1. The number of Topliss-reactive ketones (excluding diaryl/α,β-unsaturated/α-hetero) is 1. The third-order valence-corrected chi connectivity index (χ3v) is 7.49. The Bertz CT molecular complexity index is 1570. The monoisotopic (exact) mass is 550 g/mol. The molecule has 0 aliphatic carbocycles. The number of rotatable bonds is 11. The largest absolute Gasteiger partial charge is 0.458 e. The highest BCUT2D eigenvalue weighted by atomic mass is 32.2. The van der Waals surface area contributed by atoms with Crippen LogP contribution in [0.1, 0.15) is 18.9 Å². The lowest BCUT2D eigenvalue weighted by Gasteiger charge is -2.25. The average Bonchev–Trinajstić information content (AvgIpc) is 3.31. The fourth-order valence-electron chi connectivity index (χ4n) is 3.58. The Morgan fingerprint density at radius 3 is 2.42 bits per heavy atom. The number of hydrogen-bond acceptors (Lipinski definition) is 10. The van der Waals surface area contributed by atoms with Gasteiger partial charge in [-0.15, -0.1) is 10.2 Å². The second-order valence-corrected chi connectivity index (χ2v) is 11.7. The highest BCUT2D eigenvalue weighted by Gasteiger charge is 2.13. The van der Waals surface area contributed by atoms with Crippen molar-refractivity contribution in [3.05, 3.63) is 78.4 Å². The number of sulfone groups is 1. The molecular formula is C27H26N4O5S2. The Labute approximate surface area is 224 Å². The molecule has 0 bridgehead atoms. The normalized spacial score (nSPS) is 11.6. The minimum atomic E-state index is -3.31. The summed E-state index contributed by atoms with van der Waals surface area (Å²) in [6, 6.07) is 22.1. The van der Waals surface area contributed by atoms with E-state index in [2.05, 4.69) is 20.1 Å². The van der Waals surface area contributed by atoms with E-state index in [0.29, 0.717) is 29.4 Å². The van der Waals surface area contributed by atoms with Crippen LogP contribution in [0.2, 0.25) is 0 Å². The minimum absolute atomic E-state index is 0.139. The number of carbonyl (C=O) groups is 2. The summed E-state index contributed by atoms with van der Waals surface area (Å²) in [6.07, 6.45) is 1.31. The number of benzene rings is 3. The summed E-state index contributed by atoms with van der Waals surface area (Å²) in [5.41, 5.74) is 3.25. The second-order valence-electron chi connectivity index (χ2n) is 8.63. The van der Waals surface area contributed by atoms with Crippen LogP contribution < -0.4 is 4.90 Å². The summed E-state index contributed by atoms with van der Waals surface area (Å²) in [5.74, 6) is -0.628. The number of thiazole rings is 1. The Balaban J connectivity index is 1.47. The van der Waals surface area contributed by atoms with Gasteiger partial charge in [0.15, 0.2) is 15.6 Å². The Morgan fingerprint density at radius 1 is 1.00 bits per heavy atom. The van der Waals surface area contributed by atoms with E-state index < -0.39 is 15.8 Å². The third-order valence-electron chi connectivity index (χ3n) is 5.48. The smallest absolute Gasteiger partial charge is 0.308 e. The lowest BCUT2D eigenvalue weighted by atomic mass is 10.2. The molecule has 1 heterocycles. The van der Waals surface area contributed by atoms with Crippen molar-refractivity contribution in [3.63, 3.8) is 0 Å². The number of aromatic nitrogens is 1. The molecule has 196 valence electrons. The van der Waals surface area contributed by atoms with Gasteiger partial charge in [0, 0.05) is 25.0 Å². The van der Waals surface area contributed by atoms with Crippen LogP contribution in [-0.2, 0) is 30.7 Å². The number of fused-ring (bicyclic) bond motifs is 1. The molecule has 0 saturated carbocycles. The molecule has 0 radical (unpaired) electrons. The van der Waals surface area contributed by atoms with Gasteiger partial charge in [0.05, 0.1) is 27.2 Å². The summed E-state index contributed by atoms with van der Waals surface area (Å²) < 4.78 is 29.3. The predicted octanol–water partition coefficient (Wildman–Crippen LogP) is 5.64. The molecule has 3 aromatic carbocycles. The summed E-state index contributed by atoms with van der Waals surface area (Å²) in [6.45, 7) is 2.15. The fraction of sp³-hybridized carbons (Fsp3) is 0.222. The molecule has 0 N–H and O–H groups in total. The van der Waals surface area contributed by atoms with Crippen LogP contribution in [0.4, 0.5) is 16.5 Å². The van der Waals surface area contributed by atoms with E-state index in [4.69, 9.17) is 4.74 Å². The van der Waals surface area contributed by atoms with Crippen molar-refractivity contribution in [1.29, 1.82) is 0 Å². The van der Waals surface area contributed by atoms with Crippen molar-refractivity contribution in [2.75, 3.05) is 24.3 Å². The topological polar surface area (TPSA) is 118 Å². The first-order chi connectivity index (χ1) is 18.2. The maximum Gasteiger partial charge on any atom is 0.308 e. The quantitative estimate of drug-likeness (QED) is 0.175. The Hall–Kier alpha value is -3.96. The van der Waals surface area contributed by atoms with Crippen LogP contribution in [0.3, 0.4) is 0 Å². The Kier molecular flexibility index (Phi) is 8.59. The van der Waals surface area contributed by atoms with E-state index in [1.165, 1.54) is 30.6 Å². The molecule has 0 saturated heterocycles. The van der Waals surface area contributed by atoms with E-state index >= 15 is 0 Å². The molecule has 0 atom stereocenters. The van der Waals surface area contributed by atoms with Crippen molar-refractivity contribution in [2.24, 2.45) is 10.2 Å². The molecule has 0 unspecified atom stereocenters. The molecule has 4 rings (SSSR count). The van der Waals surface area contributed by atoms with Crippen molar-refractivity contribution in [2.45, 2.75) is 24.8 Å². The van der Waals surface area contributed by atoms with Gasteiger partial charge in [-0.25, -0.2) is 13.4 Å². The van der Waals surface area contributed by atoms with Crippen molar-refractivity contribution < 1.29 is 22.7 Å². The molecular weight excluding hydrogens is 524 g/mol. The average molecular weight is 551 g/mol. The zero-order chi connectivity index (χ0) is 27.1. The van der Waals surface area contributed by atoms with E-state index in [1.54, 1.807) is 12.1 Å². The van der Waals surface area contributed by atoms with Crippen LogP contribution in [0.5, 0.6) is 0 Å². The van der Waals surface area contributed by atoms with E-state index in [-0.39, 0.29) is 23.7 Å². The molecule has 0 fully saturated rings. The van der Waals surface area contributed by atoms with E-state index in [9.17, 15) is 18.0 Å². The predicted molar refractivity (Wildman–Crippen MR) is 147 cm³/mol. The van der Waals surface area contributed by atoms with Crippen molar-refractivity contribution in [1.82, 2.24) is 4.98 Å². The van der Waals surface area contributed by atoms with Gasteiger partial charge >= 0.3 is 5.97 Å². The fourth-order valence-corrected chi connectivity index (χ4v) is 5.13. The number of ketones is 1. The van der Waals surface area contributed by atoms with Gasteiger partial charge < -0.3 is 9.64 Å². The molecule has 38 heavy (non-hydrogen) atoms. The first-order valence-electron chi connectivity index (χ1n) is 11.7. The highest BCUT2D eigenvalue weighted by Crippen LogP contribution is 2.31.